The highest BCUT2D eigenvalue weighted by atomic mass is 32.2. The molecule has 0 aliphatic carbocycles. The Balaban J connectivity index is 1.66. The van der Waals surface area contributed by atoms with Crippen LogP contribution >= 0.6 is 11.8 Å². The highest BCUT2D eigenvalue weighted by Crippen LogP contribution is 2.22. The number of aryl methyl sites for hydroxylation is 2. The maximum Gasteiger partial charge on any atom is 0.233 e. The van der Waals surface area contributed by atoms with Gasteiger partial charge in [0.05, 0.1) is 11.4 Å². The first-order valence-corrected chi connectivity index (χ1v) is 9.51. The summed E-state index contributed by atoms with van der Waals surface area (Å²) in [6.45, 7) is 7.52. The molecule has 1 aliphatic heterocycles. The minimum absolute atomic E-state index is 0.167. The number of carbonyl (C=O) groups excluding carboxylic acids is 1. The second-order valence-corrected chi connectivity index (χ2v) is 7.46. The molecular weight excluding hydrogens is 332 g/mol. The Morgan fingerprint density at radius 3 is 2.44 bits per heavy atom. The second-order valence-electron chi connectivity index (χ2n) is 6.52. The number of rotatable bonds is 4. The van der Waals surface area contributed by atoms with Crippen LogP contribution in [0.15, 0.2) is 35.5 Å². The molecule has 1 aromatic carbocycles. The van der Waals surface area contributed by atoms with Gasteiger partial charge in [-0.1, -0.05) is 41.6 Å². The number of carbonyl (C=O) groups is 1. The van der Waals surface area contributed by atoms with E-state index in [-0.39, 0.29) is 5.91 Å². The van der Waals surface area contributed by atoms with Gasteiger partial charge in [-0.05, 0) is 27.0 Å². The molecule has 2 aromatic rings. The number of piperazine rings is 1. The topological polar surface area (TPSA) is 49.3 Å². The third-order valence-electron chi connectivity index (χ3n) is 4.36. The summed E-state index contributed by atoms with van der Waals surface area (Å²) in [6.07, 6.45) is 0. The lowest BCUT2D eigenvalue weighted by molar-refractivity contribution is -0.129. The Morgan fingerprint density at radius 1 is 1.08 bits per heavy atom. The van der Waals surface area contributed by atoms with Crippen LogP contribution < -0.4 is 0 Å². The van der Waals surface area contributed by atoms with Gasteiger partial charge < -0.3 is 9.80 Å². The second kappa shape index (κ2) is 7.97. The molecule has 132 valence electrons. The molecule has 0 spiro atoms. The van der Waals surface area contributed by atoms with Crippen molar-refractivity contribution in [3.63, 3.8) is 0 Å². The molecule has 1 amide bonds. The first-order valence-electron chi connectivity index (χ1n) is 8.53. The van der Waals surface area contributed by atoms with Crippen LogP contribution in [0.4, 0.5) is 0 Å². The van der Waals surface area contributed by atoms with Gasteiger partial charge in [0.25, 0.3) is 0 Å². The van der Waals surface area contributed by atoms with E-state index in [2.05, 4.69) is 53.1 Å². The smallest absolute Gasteiger partial charge is 0.233 e. The zero-order valence-electron chi connectivity index (χ0n) is 15.0. The molecule has 2 heterocycles. The molecule has 1 saturated heterocycles. The summed E-state index contributed by atoms with van der Waals surface area (Å²) >= 11 is 1.42. The molecule has 3 rings (SSSR count). The number of aromatic nitrogens is 2. The Bertz CT molecular complexity index is 740. The maximum atomic E-state index is 12.4. The normalized spacial score (nSPS) is 15.4. The van der Waals surface area contributed by atoms with Crippen LogP contribution in [0.2, 0.25) is 0 Å². The summed E-state index contributed by atoms with van der Waals surface area (Å²) in [5.41, 5.74) is 4.12. The van der Waals surface area contributed by atoms with E-state index < -0.39 is 0 Å². The number of nitrogens with zero attached hydrogens (tertiary/aromatic N) is 4. The van der Waals surface area contributed by atoms with Gasteiger partial charge in [0.2, 0.25) is 5.91 Å². The third-order valence-corrected chi connectivity index (χ3v) is 5.19. The molecule has 1 fully saturated rings. The van der Waals surface area contributed by atoms with Crippen molar-refractivity contribution in [2.75, 3.05) is 39.0 Å². The van der Waals surface area contributed by atoms with Crippen molar-refractivity contribution in [1.82, 2.24) is 19.8 Å². The molecule has 0 radical (unpaired) electrons. The summed E-state index contributed by atoms with van der Waals surface area (Å²) in [5.74, 6) is 0.556. The molecule has 0 unspecified atom stereocenters. The molecule has 0 atom stereocenters. The van der Waals surface area contributed by atoms with Crippen molar-refractivity contribution in [2.45, 2.75) is 19.0 Å². The Kier molecular flexibility index (Phi) is 5.71. The van der Waals surface area contributed by atoms with Crippen LogP contribution in [0.25, 0.3) is 11.3 Å². The molecule has 5 nitrogen and oxygen atoms in total. The van der Waals surface area contributed by atoms with Crippen LogP contribution in [0.1, 0.15) is 11.3 Å². The molecular formula is C19H24N4OS. The average molecular weight is 356 g/mol. The number of hydrogen-bond donors (Lipinski definition) is 0. The van der Waals surface area contributed by atoms with Gasteiger partial charge in [-0.3, -0.25) is 4.79 Å². The summed E-state index contributed by atoms with van der Waals surface area (Å²) < 4.78 is 0. The molecule has 0 bridgehead atoms. The fourth-order valence-electron chi connectivity index (χ4n) is 2.75. The number of hydrogen-bond acceptors (Lipinski definition) is 5. The fraction of sp³-hybridized carbons (Fsp3) is 0.421. The van der Waals surface area contributed by atoms with Gasteiger partial charge in [0, 0.05) is 37.4 Å². The minimum atomic E-state index is 0.167. The van der Waals surface area contributed by atoms with E-state index in [1.807, 2.05) is 17.9 Å². The zero-order valence-corrected chi connectivity index (χ0v) is 15.8. The van der Waals surface area contributed by atoms with Crippen molar-refractivity contribution >= 4 is 17.7 Å². The number of amides is 1. The molecule has 6 heteroatoms. The minimum Gasteiger partial charge on any atom is -0.339 e. The molecule has 0 N–H and O–H groups in total. The molecule has 1 aliphatic rings. The number of benzene rings is 1. The summed E-state index contributed by atoms with van der Waals surface area (Å²) in [7, 11) is 2.09. The van der Waals surface area contributed by atoms with E-state index >= 15 is 0 Å². The van der Waals surface area contributed by atoms with Crippen molar-refractivity contribution in [3.05, 3.63) is 41.6 Å². The Hall–Kier alpha value is -1.92. The molecule has 1 aromatic heterocycles. The average Bonchev–Trinajstić information content (AvgIpc) is 2.60. The summed E-state index contributed by atoms with van der Waals surface area (Å²) in [6, 6.07) is 10.3. The highest BCUT2D eigenvalue weighted by molar-refractivity contribution is 7.99. The van der Waals surface area contributed by atoms with E-state index in [0.29, 0.717) is 10.9 Å². The predicted octanol–water partition coefficient (Wildman–Crippen LogP) is 2.63. The first-order chi connectivity index (χ1) is 12.0. The summed E-state index contributed by atoms with van der Waals surface area (Å²) in [5, 5.41) is 0.665. The molecule has 25 heavy (non-hydrogen) atoms. The highest BCUT2D eigenvalue weighted by Gasteiger charge is 2.19. The van der Waals surface area contributed by atoms with E-state index in [1.54, 1.807) is 0 Å². The van der Waals surface area contributed by atoms with Crippen molar-refractivity contribution in [2.24, 2.45) is 0 Å². The van der Waals surface area contributed by atoms with Crippen molar-refractivity contribution in [1.29, 1.82) is 0 Å². The van der Waals surface area contributed by atoms with Crippen LogP contribution in [0.5, 0.6) is 0 Å². The van der Waals surface area contributed by atoms with Gasteiger partial charge in [0.15, 0.2) is 5.16 Å². The largest absolute Gasteiger partial charge is 0.339 e. The van der Waals surface area contributed by atoms with E-state index in [4.69, 9.17) is 0 Å². The van der Waals surface area contributed by atoms with E-state index in [1.165, 1.54) is 17.3 Å². The van der Waals surface area contributed by atoms with E-state index in [9.17, 15) is 4.79 Å². The van der Waals surface area contributed by atoms with Gasteiger partial charge in [-0.15, -0.1) is 0 Å². The van der Waals surface area contributed by atoms with Crippen LogP contribution in [-0.4, -0.2) is 64.7 Å². The number of thioether (sulfide) groups is 1. The Labute approximate surface area is 153 Å². The van der Waals surface area contributed by atoms with Gasteiger partial charge >= 0.3 is 0 Å². The van der Waals surface area contributed by atoms with Crippen LogP contribution in [0, 0.1) is 13.8 Å². The van der Waals surface area contributed by atoms with Crippen molar-refractivity contribution < 1.29 is 4.79 Å². The first kappa shape index (κ1) is 17.9. The lowest BCUT2D eigenvalue weighted by Gasteiger charge is -2.32. The third kappa shape index (κ3) is 4.80. The Morgan fingerprint density at radius 2 is 1.76 bits per heavy atom. The molecule has 0 saturated carbocycles. The monoisotopic (exact) mass is 356 g/mol. The lowest BCUT2D eigenvalue weighted by atomic mass is 10.1. The maximum absolute atomic E-state index is 12.4. The van der Waals surface area contributed by atoms with Crippen LogP contribution in [-0.2, 0) is 4.79 Å². The number of likely N-dealkylation sites (N-methyl/N-ethyl adjacent to an activating group) is 1. The standard InChI is InChI=1S/C19H24N4OS/c1-14-4-6-16(7-5-14)17-12-15(2)20-19(21-17)25-13-18(24)23-10-8-22(3)9-11-23/h4-7,12H,8-11,13H2,1-3H3. The van der Waals surface area contributed by atoms with Crippen molar-refractivity contribution in [3.8, 4) is 11.3 Å². The predicted molar refractivity (Wildman–Crippen MR) is 102 cm³/mol. The summed E-state index contributed by atoms with van der Waals surface area (Å²) in [4.78, 5) is 25.7. The fourth-order valence-corrected chi connectivity index (χ4v) is 3.56. The SMILES string of the molecule is Cc1ccc(-c2cc(C)nc(SCC(=O)N3CCN(C)CC3)n2)cc1. The zero-order chi connectivity index (χ0) is 17.8. The van der Waals surface area contributed by atoms with Gasteiger partial charge in [0.1, 0.15) is 0 Å². The van der Waals surface area contributed by atoms with Crippen LogP contribution in [0.3, 0.4) is 0 Å². The lowest BCUT2D eigenvalue weighted by Crippen LogP contribution is -2.47. The van der Waals surface area contributed by atoms with Gasteiger partial charge in [-0.2, -0.15) is 0 Å². The van der Waals surface area contributed by atoms with E-state index in [0.717, 1.165) is 43.1 Å². The van der Waals surface area contributed by atoms with Gasteiger partial charge in [-0.25, -0.2) is 9.97 Å². The quantitative estimate of drug-likeness (QED) is 0.623.